The zero-order valence-corrected chi connectivity index (χ0v) is 13.2. The number of rotatable bonds is 5. The van der Waals surface area contributed by atoms with E-state index in [0.717, 1.165) is 16.9 Å². The number of carbonyl (C=O) groups excluding carboxylic acids is 1. The topological polar surface area (TPSA) is 56.8 Å². The van der Waals surface area contributed by atoms with Gasteiger partial charge in [0.1, 0.15) is 5.75 Å². The van der Waals surface area contributed by atoms with Gasteiger partial charge in [0, 0.05) is 6.54 Å². The summed E-state index contributed by atoms with van der Waals surface area (Å²) in [5.41, 5.74) is 2.10. The fraction of sp³-hybridized carbons (Fsp3) is 0.278. The molecule has 2 aromatic rings. The Kier molecular flexibility index (Phi) is 4.37. The number of nitrogens with one attached hydrogen (secondary N) is 1. The van der Waals surface area contributed by atoms with Crippen molar-refractivity contribution in [2.45, 2.75) is 26.5 Å². The van der Waals surface area contributed by atoms with Crippen molar-refractivity contribution in [1.29, 1.82) is 0 Å². The van der Waals surface area contributed by atoms with Gasteiger partial charge in [-0.05, 0) is 43.7 Å². The van der Waals surface area contributed by atoms with Crippen molar-refractivity contribution in [3.8, 4) is 17.2 Å². The van der Waals surface area contributed by atoms with Crippen molar-refractivity contribution in [2.75, 3.05) is 6.79 Å². The van der Waals surface area contributed by atoms with Gasteiger partial charge < -0.3 is 19.5 Å². The number of amides is 1. The molecule has 5 nitrogen and oxygen atoms in total. The first-order valence-electron chi connectivity index (χ1n) is 7.51. The molecule has 23 heavy (non-hydrogen) atoms. The van der Waals surface area contributed by atoms with E-state index in [2.05, 4.69) is 5.32 Å². The minimum absolute atomic E-state index is 0.164. The maximum absolute atomic E-state index is 12.1. The lowest BCUT2D eigenvalue weighted by Gasteiger charge is -2.15. The van der Waals surface area contributed by atoms with Gasteiger partial charge in [-0.1, -0.05) is 23.8 Å². The second kappa shape index (κ2) is 6.60. The third-order valence-electron chi connectivity index (χ3n) is 3.61. The standard InChI is InChI=1S/C18H19NO4/c1-12-3-6-15(7-4-12)23-13(2)18(20)19-10-14-5-8-16-17(9-14)22-11-21-16/h3-9,13H,10-11H2,1-2H3,(H,19,20). The molecule has 1 atom stereocenters. The normalized spacial score (nSPS) is 13.5. The van der Waals surface area contributed by atoms with Gasteiger partial charge in [0.2, 0.25) is 6.79 Å². The van der Waals surface area contributed by atoms with Crippen molar-refractivity contribution in [2.24, 2.45) is 0 Å². The van der Waals surface area contributed by atoms with Gasteiger partial charge >= 0.3 is 0 Å². The Labute approximate surface area is 135 Å². The van der Waals surface area contributed by atoms with Crippen LogP contribution in [0.15, 0.2) is 42.5 Å². The molecule has 1 aliphatic rings. The highest BCUT2D eigenvalue weighted by Crippen LogP contribution is 2.32. The van der Waals surface area contributed by atoms with Crippen LogP contribution in [0, 0.1) is 6.92 Å². The first kappa shape index (κ1) is 15.2. The Hall–Kier alpha value is -2.69. The molecule has 0 saturated carbocycles. The maximum Gasteiger partial charge on any atom is 0.261 e. The fourth-order valence-electron chi connectivity index (χ4n) is 2.26. The number of aryl methyl sites for hydroxylation is 1. The molecule has 0 bridgehead atoms. The number of benzene rings is 2. The highest BCUT2D eigenvalue weighted by Gasteiger charge is 2.16. The molecule has 0 radical (unpaired) electrons. The summed E-state index contributed by atoms with van der Waals surface area (Å²) in [5, 5.41) is 2.86. The SMILES string of the molecule is Cc1ccc(OC(C)C(=O)NCc2ccc3c(c2)OCO3)cc1. The molecule has 0 aromatic heterocycles. The van der Waals surface area contributed by atoms with Crippen LogP contribution in [0.2, 0.25) is 0 Å². The predicted molar refractivity (Wildman–Crippen MR) is 85.7 cm³/mol. The van der Waals surface area contributed by atoms with E-state index in [-0.39, 0.29) is 12.7 Å². The summed E-state index contributed by atoms with van der Waals surface area (Å²) in [4.78, 5) is 12.1. The van der Waals surface area contributed by atoms with Crippen LogP contribution < -0.4 is 19.5 Å². The molecule has 1 amide bonds. The van der Waals surface area contributed by atoms with Gasteiger partial charge in [-0.15, -0.1) is 0 Å². The van der Waals surface area contributed by atoms with Crippen molar-refractivity contribution in [3.05, 3.63) is 53.6 Å². The molecule has 1 N–H and O–H groups in total. The van der Waals surface area contributed by atoms with Crippen molar-refractivity contribution < 1.29 is 19.0 Å². The van der Waals surface area contributed by atoms with Crippen LogP contribution in [0.25, 0.3) is 0 Å². The van der Waals surface area contributed by atoms with E-state index in [1.807, 2.05) is 49.4 Å². The molecule has 120 valence electrons. The van der Waals surface area contributed by atoms with Gasteiger partial charge in [0.25, 0.3) is 5.91 Å². The van der Waals surface area contributed by atoms with Gasteiger partial charge in [-0.25, -0.2) is 0 Å². The number of carbonyl (C=O) groups is 1. The van der Waals surface area contributed by atoms with E-state index in [9.17, 15) is 4.79 Å². The molecule has 3 rings (SSSR count). The highest BCUT2D eigenvalue weighted by atomic mass is 16.7. The Bertz CT molecular complexity index is 697. The number of hydrogen-bond donors (Lipinski definition) is 1. The lowest BCUT2D eigenvalue weighted by molar-refractivity contribution is -0.127. The Morgan fingerprint density at radius 3 is 2.70 bits per heavy atom. The summed E-state index contributed by atoms with van der Waals surface area (Å²) in [5.74, 6) is 1.96. The first-order valence-corrected chi connectivity index (χ1v) is 7.51. The van der Waals surface area contributed by atoms with Gasteiger partial charge in [-0.2, -0.15) is 0 Å². The molecule has 1 unspecified atom stereocenters. The van der Waals surface area contributed by atoms with Crippen LogP contribution in [0.5, 0.6) is 17.2 Å². The smallest absolute Gasteiger partial charge is 0.261 e. The lowest BCUT2D eigenvalue weighted by Crippen LogP contribution is -2.35. The van der Waals surface area contributed by atoms with Crippen LogP contribution in [0.1, 0.15) is 18.1 Å². The summed E-state index contributed by atoms with van der Waals surface area (Å²) in [6.07, 6.45) is -0.563. The summed E-state index contributed by atoms with van der Waals surface area (Å²) in [7, 11) is 0. The number of ether oxygens (including phenoxy) is 3. The molecule has 0 saturated heterocycles. The summed E-state index contributed by atoms with van der Waals surface area (Å²) in [6, 6.07) is 13.2. The van der Waals surface area contributed by atoms with Gasteiger partial charge in [-0.3, -0.25) is 4.79 Å². The molecular weight excluding hydrogens is 294 g/mol. The van der Waals surface area contributed by atoms with E-state index in [1.165, 1.54) is 0 Å². The fourth-order valence-corrected chi connectivity index (χ4v) is 2.26. The molecular formula is C18H19NO4. The third-order valence-corrected chi connectivity index (χ3v) is 3.61. The van der Waals surface area contributed by atoms with Crippen LogP contribution in [0.4, 0.5) is 0 Å². The zero-order valence-electron chi connectivity index (χ0n) is 13.2. The van der Waals surface area contributed by atoms with Crippen molar-refractivity contribution in [1.82, 2.24) is 5.32 Å². The molecule has 0 aliphatic carbocycles. The van der Waals surface area contributed by atoms with E-state index in [1.54, 1.807) is 6.92 Å². The zero-order chi connectivity index (χ0) is 16.2. The van der Waals surface area contributed by atoms with Crippen LogP contribution in [-0.2, 0) is 11.3 Å². The molecule has 0 fully saturated rings. The summed E-state index contributed by atoms with van der Waals surface area (Å²) >= 11 is 0. The van der Waals surface area contributed by atoms with Gasteiger partial charge in [0.05, 0.1) is 0 Å². The number of hydrogen-bond acceptors (Lipinski definition) is 4. The second-order valence-corrected chi connectivity index (χ2v) is 5.48. The van der Waals surface area contributed by atoms with Crippen molar-refractivity contribution in [3.63, 3.8) is 0 Å². The Morgan fingerprint density at radius 1 is 1.17 bits per heavy atom. The monoisotopic (exact) mass is 313 g/mol. The van der Waals surface area contributed by atoms with Crippen LogP contribution in [-0.4, -0.2) is 18.8 Å². The van der Waals surface area contributed by atoms with E-state index in [4.69, 9.17) is 14.2 Å². The minimum Gasteiger partial charge on any atom is -0.481 e. The average molecular weight is 313 g/mol. The summed E-state index contributed by atoms with van der Waals surface area (Å²) < 4.78 is 16.2. The minimum atomic E-state index is -0.563. The van der Waals surface area contributed by atoms with Gasteiger partial charge in [0.15, 0.2) is 17.6 Å². The molecule has 1 heterocycles. The quantitative estimate of drug-likeness (QED) is 0.922. The van der Waals surface area contributed by atoms with Crippen LogP contribution in [0.3, 0.4) is 0 Å². The summed E-state index contributed by atoms with van der Waals surface area (Å²) in [6.45, 7) is 4.39. The Balaban J connectivity index is 1.53. The Morgan fingerprint density at radius 2 is 1.91 bits per heavy atom. The van der Waals surface area contributed by atoms with Crippen molar-refractivity contribution >= 4 is 5.91 Å². The molecule has 5 heteroatoms. The van der Waals surface area contributed by atoms with E-state index >= 15 is 0 Å². The van der Waals surface area contributed by atoms with E-state index < -0.39 is 6.10 Å². The predicted octanol–water partition coefficient (Wildman–Crippen LogP) is 2.81. The van der Waals surface area contributed by atoms with E-state index in [0.29, 0.717) is 18.0 Å². The lowest BCUT2D eigenvalue weighted by atomic mass is 10.2. The largest absolute Gasteiger partial charge is 0.481 e. The van der Waals surface area contributed by atoms with Crippen LogP contribution >= 0.6 is 0 Å². The first-order chi connectivity index (χ1) is 11.1. The molecule has 0 spiro atoms. The average Bonchev–Trinajstić information content (AvgIpc) is 3.02. The molecule has 1 aliphatic heterocycles. The number of fused-ring (bicyclic) bond motifs is 1. The second-order valence-electron chi connectivity index (χ2n) is 5.48. The third kappa shape index (κ3) is 3.74. The maximum atomic E-state index is 12.1. The highest BCUT2D eigenvalue weighted by molar-refractivity contribution is 5.80. The molecule has 2 aromatic carbocycles.